The van der Waals surface area contributed by atoms with Crippen LogP contribution in [0.5, 0.6) is 0 Å². The molecule has 1 rings (SSSR count). The fourth-order valence-corrected chi connectivity index (χ4v) is 1.80. The van der Waals surface area contributed by atoms with Gasteiger partial charge in [0.2, 0.25) is 0 Å². The van der Waals surface area contributed by atoms with Crippen LogP contribution in [0.2, 0.25) is 0 Å². The van der Waals surface area contributed by atoms with Crippen molar-refractivity contribution in [1.29, 1.82) is 0 Å². The molecule has 0 bridgehead atoms. The van der Waals surface area contributed by atoms with Crippen molar-refractivity contribution in [3.63, 3.8) is 0 Å². The summed E-state index contributed by atoms with van der Waals surface area (Å²) < 4.78 is 0.881. The normalized spacial score (nSPS) is 11.7. The summed E-state index contributed by atoms with van der Waals surface area (Å²) in [6.45, 7) is 0. The molecule has 0 aromatic heterocycles. The van der Waals surface area contributed by atoms with Crippen molar-refractivity contribution >= 4 is 21.9 Å². The van der Waals surface area contributed by atoms with E-state index in [9.17, 15) is 4.79 Å². The first-order chi connectivity index (χ1) is 7.15. The van der Waals surface area contributed by atoms with Crippen molar-refractivity contribution in [2.24, 2.45) is 0 Å². The van der Waals surface area contributed by atoms with Crippen LogP contribution in [0.1, 0.15) is 24.3 Å². The fourth-order valence-electron chi connectivity index (χ4n) is 1.38. The largest absolute Gasteiger partial charge is 0.481 e. The molecule has 1 unspecified atom stereocenters. The predicted molar refractivity (Wildman–Crippen MR) is 62.6 cm³/mol. The van der Waals surface area contributed by atoms with Crippen LogP contribution in [-0.4, -0.2) is 11.1 Å². The van der Waals surface area contributed by atoms with E-state index in [4.69, 9.17) is 11.5 Å². The van der Waals surface area contributed by atoms with Crippen LogP contribution in [0.4, 0.5) is 0 Å². The van der Waals surface area contributed by atoms with E-state index in [1.807, 2.05) is 18.2 Å². The smallest absolute Gasteiger partial charge is 0.311 e. The van der Waals surface area contributed by atoms with Gasteiger partial charge in [0.05, 0.1) is 5.92 Å². The quantitative estimate of drug-likeness (QED) is 0.851. The van der Waals surface area contributed by atoms with E-state index >= 15 is 0 Å². The molecule has 0 amide bonds. The van der Waals surface area contributed by atoms with Gasteiger partial charge in [-0.15, -0.1) is 12.3 Å². The Balaban J connectivity index is 2.89. The zero-order valence-corrected chi connectivity index (χ0v) is 9.70. The van der Waals surface area contributed by atoms with E-state index in [0.29, 0.717) is 12.8 Å². The minimum Gasteiger partial charge on any atom is -0.481 e. The molecule has 1 atom stereocenters. The van der Waals surface area contributed by atoms with E-state index in [-0.39, 0.29) is 0 Å². The molecule has 0 heterocycles. The Bertz CT molecular complexity index is 393. The zero-order chi connectivity index (χ0) is 11.3. The maximum Gasteiger partial charge on any atom is 0.311 e. The number of rotatable bonds is 4. The number of carbonyl (C=O) groups is 1. The summed E-state index contributed by atoms with van der Waals surface area (Å²) in [6, 6.07) is 7.31. The second-order valence-electron chi connectivity index (χ2n) is 3.19. The van der Waals surface area contributed by atoms with Crippen molar-refractivity contribution < 1.29 is 9.90 Å². The molecule has 1 aromatic rings. The molecule has 1 aromatic carbocycles. The number of hydrogen-bond acceptors (Lipinski definition) is 1. The highest BCUT2D eigenvalue weighted by Gasteiger charge is 2.18. The maximum atomic E-state index is 11.0. The SMILES string of the molecule is C#CCCC(C(=O)O)c1cccc(Br)c1. The van der Waals surface area contributed by atoms with Crippen molar-refractivity contribution in [1.82, 2.24) is 0 Å². The summed E-state index contributed by atoms with van der Waals surface area (Å²) in [4.78, 5) is 11.0. The van der Waals surface area contributed by atoms with Crippen molar-refractivity contribution in [3.8, 4) is 12.3 Å². The number of hydrogen-bond donors (Lipinski definition) is 1. The lowest BCUT2D eigenvalue weighted by atomic mass is 9.95. The van der Waals surface area contributed by atoms with E-state index < -0.39 is 11.9 Å². The number of carboxylic acid groups (broad SMARTS) is 1. The zero-order valence-electron chi connectivity index (χ0n) is 8.11. The highest BCUT2D eigenvalue weighted by Crippen LogP contribution is 2.24. The molecule has 0 saturated carbocycles. The molecule has 0 radical (unpaired) electrons. The molecular formula is C12H11BrO2. The summed E-state index contributed by atoms with van der Waals surface area (Å²) in [5, 5.41) is 9.06. The Kier molecular flexibility index (Phi) is 4.38. The van der Waals surface area contributed by atoms with Crippen LogP contribution in [0.3, 0.4) is 0 Å². The van der Waals surface area contributed by atoms with E-state index in [1.54, 1.807) is 6.07 Å². The molecule has 0 aliphatic carbocycles. The molecule has 0 aliphatic heterocycles. The van der Waals surface area contributed by atoms with E-state index in [1.165, 1.54) is 0 Å². The van der Waals surface area contributed by atoms with Gasteiger partial charge in [0.25, 0.3) is 0 Å². The number of carboxylic acids is 1. The highest BCUT2D eigenvalue weighted by atomic mass is 79.9. The summed E-state index contributed by atoms with van der Waals surface area (Å²) in [6.07, 6.45) is 6.08. The van der Waals surface area contributed by atoms with Crippen molar-refractivity contribution in [2.45, 2.75) is 18.8 Å². The average molecular weight is 267 g/mol. The van der Waals surface area contributed by atoms with Crippen LogP contribution in [0.25, 0.3) is 0 Å². The molecule has 3 heteroatoms. The molecule has 0 saturated heterocycles. The lowest BCUT2D eigenvalue weighted by Crippen LogP contribution is -2.11. The second kappa shape index (κ2) is 5.57. The molecule has 15 heavy (non-hydrogen) atoms. The molecular weight excluding hydrogens is 256 g/mol. The third-order valence-corrected chi connectivity index (χ3v) is 2.62. The maximum absolute atomic E-state index is 11.0. The number of terminal acetylenes is 1. The van der Waals surface area contributed by atoms with E-state index in [0.717, 1.165) is 10.0 Å². The molecule has 0 fully saturated rings. The van der Waals surface area contributed by atoms with Gasteiger partial charge in [0.15, 0.2) is 0 Å². The third-order valence-electron chi connectivity index (χ3n) is 2.13. The first-order valence-electron chi connectivity index (χ1n) is 4.57. The summed E-state index contributed by atoms with van der Waals surface area (Å²) in [5.41, 5.74) is 0.784. The summed E-state index contributed by atoms with van der Waals surface area (Å²) in [5.74, 6) is 1.12. The molecule has 2 nitrogen and oxygen atoms in total. The first-order valence-corrected chi connectivity index (χ1v) is 5.36. The van der Waals surface area contributed by atoms with Crippen LogP contribution in [-0.2, 0) is 4.79 Å². The van der Waals surface area contributed by atoms with Gasteiger partial charge in [-0.05, 0) is 24.1 Å². The van der Waals surface area contributed by atoms with Gasteiger partial charge in [-0.1, -0.05) is 28.1 Å². The van der Waals surface area contributed by atoms with Gasteiger partial charge in [0.1, 0.15) is 0 Å². The minimum atomic E-state index is -0.830. The Morgan fingerprint density at radius 3 is 2.87 bits per heavy atom. The monoisotopic (exact) mass is 266 g/mol. The Morgan fingerprint density at radius 2 is 2.33 bits per heavy atom. The van der Waals surface area contributed by atoms with Gasteiger partial charge in [-0.2, -0.15) is 0 Å². The predicted octanol–water partition coefficient (Wildman–Crippen LogP) is 3.03. The second-order valence-corrected chi connectivity index (χ2v) is 4.10. The minimum absolute atomic E-state index is 0.474. The highest BCUT2D eigenvalue weighted by molar-refractivity contribution is 9.10. The van der Waals surface area contributed by atoms with Gasteiger partial charge < -0.3 is 5.11 Å². The number of benzene rings is 1. The lowest BCUT2D eigenvalue weighted by Gasteiger charge is -2.11. The Labute approximate surface area is 97.4 Å². The molecule has 1 N–H and O–H groups in total. The fraction of sp³-hybridized carbons (Fsp3) is 0.250. The standard InChI is InChI=1S/C12H11BrO2/c1-2-3-7-11(12(14)15)9-5-4-6-10(13)8-9/h1,4-6,8,11H,3,7H2,(H,14,15). The van der Waals surface area contributed by atoms with Gasteiger partial charge in [-0.25, -0.2) is 0 Å². The summed E-state index contributed by atoms with van der Waals surface area (Å²) in [7, 11) is 0. The van der Waals surface area contributed by atoms with Gasteiger partial charge in [-0.3, -0.25) is 4.79 Å². The summed E-state index contributed by atoms with van der Waals surface area (Å²) >= 11 is 3.31. The number of aliphatic carboxylic acids is 1. The van der Waals surface area contributed by atoms with Crippen molar-refractivity contribution in [2.75, 3.05) is 0 Å². The lowest BCUT2D eigenvalue weighted by molar-refractivity contribution is -0.138. The molecule has 0 aliphatic rings. The number of halogens is 1. The third kappa shape index (κ3) is 3.41. The van der Waals surface area contributed by atoms with E-state index in [2.05, 4.69) is 21.9 Å². The van der Waals surface area contributed by atoms with Crippen molar-refractivity contribution in [3.05, 3.63) is 34.3 Å². The van der Waals surface area contributed by atoms with Gasteiger partial charge >= 0.3 is 5.97 Å². The molecule has 78 valence electrons. The van der Waals surface area contributed by atoms with Crippen LogP contribution in [0.15, 0.2) is 28.7 Å². The topological polar surface area (TPSA) is 37.3 Å². The Morgan fingerprint density at radius 1 is 1.60 bits per heavy atom. The Hall–Kier alpha value is -1.27. The van der Waals surface area contributed by atoms with Crippen LogP contribution < -0.4 is 0 Å². The van der Waals surface area contributed by atoms with Gasteiger partial charge in [0, 0.05) is 10.9 Å². The molecule has 0 spiro atoms. The first kappa shape index (κ1) is 11.8. The van der Waals surface area contributed by atoms with Crippen LogP contribution in [0, 0.1) is 12.3 Å². The average Bonchev–Trinajstić information content (AvgIpc) is 2.18. The van der Waals surface area contributed by atoms with Crippen LogP contribution >= 0.6 is 15.9 Å².